The maximum absolute atomic E-state index is 12.0. The summed E-state index contributed by atoms with van der Waals surface area (Å²) in [7, 11) is 0. The molecule has 1 aromatic carbocycles. The average Bonchev–Trinajstić information content (AvgIpc) is 3.17. The summed E-state index contributed by atoms with van der Waals surface area (Å²) < 4.78 is 0. The molecule has 0 radical (unpaired) electrons. The van der Waals surface area contributed by atoms with Crippen molar-refractivity contribution >= 4 is 17.2 Å². The topological polar surface area (TPSA) is 42.0 Å². The Balaban J connectivity index is 1.53. The van der Waals surface area contributed by atoms with Gasteiger partial charge in [-0.3, -0.25) is 4.79 Å². The maximum atomic E-state index is 12.0. The van der Waals surface area contributed by atoms with Crippen molar-refractivity contribution in [3.05, 3.63) is 40.9 Å². The fourth-order valence-corrected chi connectivity index (χ4v) is 3.72. The Morgan fingerprint density at radius 2 is 2.00 bits per heavy atom. The van der Waals surface area contributed by atoms with Gasteiger partial charge in [-0.1, -0.05) is 42.7 Å². The lowest BCUT2D eigenvalue weighted by Gasteiger charge is -2.11. The Morgan fingerprint density at radius 1 is 1.27 bits per heavy atom. The van der Waals surface area contributed by atoms with E-state index in [0.717, 1.165) is 35.5 Å². The van der Waals surface area contributed by atoms with Crippen molar-refractivity contribution in [1.82, 2.24) is 10.3 Å². The normalized spacial score (nSPS) is 15.1. The van der Waals surface area contributed by atoms with Gasteiger partial charge < -0.3 is 5.32 Å². The second-order valence-electron chi connectivity index (χ2n) is 6.06. The Kier molecular flexibility index (Phi) is 4.88. The number of aromatic nitrogens is 1. The van der Waals surface area contributed by atoms with Crippen molar-refractivity contribution < 1.29 is 4.79 Å². The van der Waals surface area contributed by atoms with E-state index in [-0.39, 0.29) is 5.91 Å². The number of hydrogen-bond acceptors (Lipinski definition) is 3. The summed E-state index contributed by atoms with van der Waals surface area (Å²) in [5, 5.41) is 6.23. The highest BCUT2D eigenvalue weighted by Crippen LogP contribution is 2.24. The van der Waals surface area contributed by atoms with Crippen LogP contribution in [0.5, 0.6) is 0 Å². The highest BCUT2D eigenvalue weighted by Gasteiger charge is 2.17. The van der Waals surface area contributed by atoms with Gasteiger partial charge in [-0.2, -0.15) is 0 Å². The lowest BCUT2D eigenvalue weighted by Crippen LogP contribution is -2.32. The molecule has 1 fully saturated rings. The molecule has 1 N–H and O–H groups in total. The van der Waals surface area contributed by atoms with E-state index >= 15 is 0 Å². The number of nitrogens with zero attached hydrogens (tertiary/aromatic N) is 1. The predicted molar refractivity (Wildman–Crippen MR) is 91.0 cm³/mol. The van der Waals surface area contributed by atoms with Crippen LogP contribution >= 0.6 is 11.3 Å². The van der Waals surface area contributed by atoms with Crippen LogP contribution in [0.4, 0.5) is 0 Å². The Labute approximate surface area is 135 Å². The Hall–Kier alpha value is -1.68. The summed E-state index contributed by atoms with van der Waals surface area (Å²) in [5.74, 6) is 0.164. The number of carbonyl (C=O) groups is 1. The van der Waals surface area contributed by atoms with E-state index < -0.39 is 0 Å². The van der Waals surface area contributed by atoms with E-state index in [2.05, 4.69) is 46.9 Å². The summed E-state index contributed by atoms with van der Waals surface area (Å²) in [6.07, 6.45) is 6.03. The quantitative estimate of drug-likeness (QED) is 0.902. The van der Waals surface area contributed by atoms with Gasteiger partial charge in [0.1, 0.15) is 5.01 Å². The summed E-state index contributed by atoms with van der Waals surface area (Å²) in [4.78, 5) is 16.6. The molecule has 0 atom stereocenters. The number of aryl methyl sites for hydroxylation is 2. The van der Waals surface area contributed by atoms with Gasteiger partial charge in [-0.05, 0) is 26.2 Å². The number of thiazole rings is 1. The SMILES string of the molecule is Cc1ccc(-c2nc(CCC(=O)NC3CCCC3)cs2)cc1. The van der Waals surface area contributed by atoms with Gasteiger partial charge in [0.2, 0.25) is 5.91 Å². The molecule has 0 saturated heterocycles. The molecule has 2 aromatic rings. The zero-order valence-corrected chi connectivity index (χ0v) is 13.8. The molecule has 3 rings (SSSR count). The van der Waals surface area contributed by atoms with Crippen LogP contribution in [0.3, 0.4) is 0 Å². The van der Waals surface area contributed by atoms with Gasteiger partial charge in [-0.25, -0.2) is 4.98 Å². The summed E-state index contributed by atoms with van der Waals surface area (Å²) in [6.45, 7) is 2.08. The monoisotopic (exact) mass is 314 g/mol. The number of nitrogens with one attached hydrogen (secondary N) is 1. The molecule has 1 heterocycles. The first kappa shape index (κ1) is 15.2. The standard InChI is InChI=1S/C18H22N2OS/c1-13-6-8-14(9-7-13)18-20-16(12-22-18)10-11-17(21)19-15-4-2-3-5-15/h6-9,12,15H,2-5,10-11H2,1H3,(H,19,21). The summed E-state index contributed by atoms with van der Waals surface area (Å²) in [5.41, 5.74) is 3.42. The average molecular weight is 314 g/mol. The summed E-state index contributed by atoms with van der Waals surface area (Å²) in [6, 6.07) is 8.82. The van der Waals surface area contributed by atoms with Gasteiger partial charge in [0.25, 0.3) is 0 Å². The van der Waals surface area contributed by atoms with Gasteiger partial charge in [-0.15, -0.1) is 11.3 Å². The van der Waals surface area contributed by atoms with E-state index in [1.807, 2.05) is 0 Å². The van der Waals surface area contributed by atoms with E-state index in [1.54, 1.807) is 11.3 Å². The first-order valence-electron chi connectivity index (χ1n) is 8.01. The number of carbonyl (C=O) groups excluding carboxylic acids is 1. The number of rotatable bonds is 5. The molecular formula is C18H22N2OS. The van der Waals surface area contributed by atoms with Crippen LogP contribution in [0.15, 0.2) is 29.6 Å². The number of amides is 1. The largest absolute Gasteiger partial charge is 0.353 e. The lowest BCUT2D eigenvalue weighted by molar-refractivity contribution is -0.121. The van der Waals surface area contributed by atoms with Crippen LogP contribution in [0.2, 0.25) is 0 Å². The van der Waals surface area contributed by atoms with Crippen molar-refractivity contribution in [1.29, 1.82) is 0 Å². The molecule has 1 aliphatic carbocycles. The minimum Gasteiger partial charge on any atom is -0.353 e. The third-order valence-corrected chi connectivity index (χ3v) is 5.12. The fraction of sp³-hybridized carbons (Fsp3) is 0.444. The van der Waals surface area contributed by atoms with Gasteiger partial charge in [0.15, 0.2) is 0 Å². The van der Waals surface area contributed by atoms with Crippen molar-refractivity contribution in [2.45, 2.75) is 51.5 Å². The van der Waals surface area contributed by atoms with Crippen LogP contribution in [-0.4, -0.2) is 16.9 Å². The van der Waals surface area contributed by atoms with Crippen molar-refractivity contribution in [2.75, 3.05) is 0 Å². The molecular weight excluding hydrogens is 292 g/mol. The molecule has 0 bridgehead atoms. The van der Waals surface area contributed by atoms with E-state index in [1.165, 1.54) is 18.4 Å². The smallest absolute Gasteiger partial charge is 0.220 e. The van der Waals surface area contributed by atoms with Crippen LogP contribution in [0.1, 0.15) is 43.4 Å². The minimum absolute atomic E-state index is 0.164. The molecule has 1 saturated carbocycles. The number of hydrogen-bond donors (Lipinski definition) is 1. The molecule has 1 aliphatic rings. The van der Waals surface area contributed by atoms with Crippen LogP contribution < -0.4 is 5.32 Å². The second kappa shape index (κ2) is 7.05. The molecule has 4 heteroatoms. The molecule has 0 aliphatic heterocycles. The Bertz CT molecular complexity index is 627. The zero-order valence-electron chi connectivity index (χ0n) is 13.0. The first-order valence-corrected chi connectivity index (χ1v) is 8.89. The second-order valence-corrected chi connectivity index (χ2v) is 6.92. The fourth-order valence-electron chi connectivity index (χ4n) is 2.86. The van der Waals surface area contributed by atoms with E-state index in [4.69, 9.17) is 0 Å². The van der Waals surface area contributed by atoms with Gasteiger partial charge in [0.05, 0.1) is 5.69 Å². The Morgan fingerprint density at radius 3 is 2.73 bits per heavy atom. The molecule has 116 valence electrons. The van der Waals surface area contributed by atoms with Gasteiger partial charge in [0, 0.05) is 23.4 Å². The highest BCUT2D eigenvalue weighted by atomic mass is 32.1. The van der Waals surface area contributed by atoms with Crippen LogP contribution in [0.25, 0.3) is 10.6 Å². The molecule has 0 spiro atoms. The first-order chi connectivity index (χ1) is 10.7. The van der Waals surface area contributed by atoms with Crippen LogP contribution in [-0.2, 0) is 11.2 Å². The van der Waals surface area contributed by atoms with Crippen molar-refractivity contribution in [3.8, 4) is 10.6 Å². The third-order valence-electron chi connectivity index (χ3n) is 4.18. The molecule has 0 unspecified atom stereocenters. The van der Waals surface area contributed by atoms with Crippen molar-refractivity contribution in [3.63, 3.8) is 0 Å². The van der Waals surface area contributed by atoms with Crippen LogP contribution in [0, 0.1) is 6.92 Å². The maximum Gasteiger partial charge on any atom is 0.220 e. The minimum atomic E-state index is 0.164. The zero-order chi connectivity index (χ0) is 15.4. The number of benzene rings is 1. The predicted octanol–water partition coefficient (Wildman–Crippen LogP) is 4.11. The summed E-state index contributed by atoms with van der Waals surface area (Å²) >= 11 is 1.65. The van der Waals surface area contributed by atoms with E-state index in [9.17, 15) is 4.79 Å². The van der Waals surface area contributed by atoms with Crippen molar-refractivity contribution in [2.24, 2.45) is 0 Å². The van der Waals surface area contributed by atoms with Gasteiger partial charge >= 0.3 is 0 Å². The molecule has 1 aromatic heterocycles. The molecule has 1 amide bonds. The lowest BCUT2D eigenvalue weighted by atomic mass is 10.1. The molecule has 22 heavy (non-hydrogen) atoms. The van der Waals surface area contributed by atoms with E-state index in [0.29, 0.717) is 12.5 Å². The highest BCUT2D eigenvalue weighted by molar-refractivity contribution is 7.13. The third kappa shape index (κ3) is 3.95. The molecule has 3 nitrogen and oxygen atoms in total.